The van der Waals surface area contributed by atoms with Crippen LogP contribution in [0.2, 0.25) is 0 Å². The molecule has 0 heterocycles. The molecule has 0 saturated heterocycles. The Morgan fingerprint density at radius 2 is 2.00 bits per heavy atom. The molecule has 0 bridgehead atoms. The van der Waals surface area contributed by atoms with Crippen molar-refractivity contribution in [2.75, 3.05) is 11.9 Å². The maximum Gasteiger partial charge on any atom is 0.271 e. The number of nitrogens with zero attached hydrogens (tertiary/aromatic N) is 1. The summed E-state index contributed by atoms with van der Waals surface area (Å²) in [5.74, 6) is 0.232. The fourth-order valence-corrected chi connectivity index (χ4v) is 1.56. The van der Waals surface area contributed by atoms with Crippen LogP contribution < -0.4 is 10.6 Å². The van der Waals surface area contributed by atoms with Gasteiger partial charge in [-0.05, 0) is 25.3 Å². The Morgan fingerprint density at radius 3 is 2.55 bits per heavy atom. The Morgan fingerprint density at radius 1 is 1.35 bits per heavy atom. The van der Waals surface area contributed by atoms with Crippen LogP contribution in [0.1, 0.15) is 26.3 Å². The summed E-state index contributed by atoms with van der Waals surface area (Å²) in [5.41, 5.74) is 1.47. The van der Waals surface area contributed by atoms with E-state index in [0.717, 1.165) is 5.56 Å². The van der Waals surface area contributed by atoms with E-state index in [1.54, 1.807) is 6.07 Å². The van der Waals surface area contributed by atoms with Crippen LogP contribution in [-0.4, -0.2) is 23.4 Å². The molecular weight excluding hydrogens is 258 g/mol. The summed E-state index contributed by atoms with van der Waals surface area (Å²) in [7, 11) is 0. The first-order valence-electron chi connectivity index (χ1n) is 6.59. The number of nitrogens with one attached hydrogen (secondary N) is 2. The van der Waals surface area contributed by atoms with E-state index in [1.807, 2.05) is 27.7 Å². The topological polar surface area (TPSA) is 84.3 Å². The molecular formula is C14H21N3O3. The number of carbonyl (C=O) groups is 1. The van der Waals surface area contributed by atoms with E-state index in [0.29, 0.717) is 11.6 Å². The fourth-order valence-electron chi connectivity index (χ4n) is 1.56. The van der Waals surface area contributed by atoms with Gasteiger partial charge in [0.25, 0.3) is 5.69 Å². The highest BCUT2D eigenvalue weighted by molar-refractivity contribution is 5.81. The summed E-state index contributed by atoms with van der Waals surface area (Å²) in [6, 6.07) is 4.64. The molecule has 1 aromatic rings. The smallest absolute Gasteiger partial charge is 0.271 e. The molecule has 0 aliphatic rings. The molecule has 1 atom stereocenters. The van der Waals surface area contributed by atoms with Gasteiger partial charge < -0.3 is 10.6 Å². The fraction of sp³-hybridized carbons (Fsp3) is 0.500. The molecule has 0 spiro atoms. The highest BCUT2D eigenvalue weighted by atomic mass is 16.6. The molecule has 1 aromatic carbocycles. The summed E-state index contributed by atoms with van der Waals surface area (Å²) in [6.45, 7) is 7.94. The zero-order valence-corrected chi connectivity index (χ0v) is 12.3. The van der Waals surface area contributed by atoms with Gasteiger partial charge in [0.2, 0.25) is 5.91 Å². The number of anilines is 1. The molecule has 1 rings (SSSR count). The molecule has 0 fully saturated rings. The van der Waals surface area contributed by atoms with Crippen LogP contribution in [0, 0.1) is 23.0 Å². The van der Waals surface area contributed by atoms with Crippen molar-refractivity contribution in [3.63, 3.8) is 0 Å². The maximum atomic E-state index is 11.8. The third-order valence-electron chi connectivity index (χ3n) is 3.26. The van der Waals surface area contributed by atoms with Crippen LogP contribution in [0.5, 0.6) is 0 Å². The summed E-state index contributed by atoms with van der Waals surface area (Å²) in [5, 5.41) is 16.5. The standard InChI is InChI=1S/C14H21N3O3/c1-9(2)11(4)16-14(18)8-15-13-7-12(17(19)20)6-5-10(13)3/h5-7,9,11,15H,8H2,1-4H3,(H,16,18). The molecule has 6 heteroatoms. The Labute approximate surface area is 118 Å². The van der Waals surface area contributed by atoms with E-state index in [-0.39, 0.29) is 24.2 Å². The van der Waals surface area contributed by atoms with Crippen molar-refractivity contribution in [1.29, 1.82) is 0 Å². The number of hydrogen-bond acceptors (Lipinski definition) is 4. The normalized spacial score (nSPS) is 12.1. The van der Waals surface area contributed by atoms with Gasteiger partial charge in [0.1, 0.15) is 0 Å². The number of amides is 1. The lowest BCUT2D eigenvalue weighted by Gasteiger charge is -2.18. The lowest BCUT2D eigenvalue weighted by molar-refractivity contribution is -0.384. The van der Waals surface area contributed by atoms with E-state index in [2.05, 4.69) is 10.6 Å². The van der Waals surface area contributed by atoms with Crippen molar-refractivity contribution in [2.24, 2.45) is 5.92 Å². The first-order chi connectivity index (χ1) is 9.31. The van der Waals surface area contributed by atoms with E-state index < -0.39 is 4.92 Å². The van der Waals surface area contributed by atoms with Gasteiger partial charge in [-0.3, -0.25) is 14.9 Å². The van der Waals surface area contributed by atoms with E-state index in [1.165, 1.54) is 12.1 Å². The Balaban J connectivity index is 2.63. The van der Waals surface area contributed by atoms with Crippen molar-refractivity contribution < 1.29 is 9.72 Å². The molecule has 20 heavy (non-hydrogen) atoms. The molecule has 0 saturated carbocycles. The van der Waals surface area contributed by atoms with Crippen LogP contribution in [-0.2, 0) is 4.79 Å². The minimum absolute atomic E-state index is 0.00839. The van der Waals surface area contributed by atoms with Crippen LogP contribution in [0.4, 0.5) is 11.4 Å². The third-order valence-corrected chi connectivity index (χ3v) is 3.26. The maximum absolute atomic E-state index is 11.8. The SMILES string of the molecule is Cc1ccc([N+](=O)[O-])cc1NCC(=O)NC(C)C(C)C. The van der Waals surface area contributed by atoms with Crippen molar-refractivity contribution >= 4 is 17.3 Å². The third kappa shape index (κ3) is 4.53. The molecule has 2 N–H and O–H groups in total. The molecule has 0 aromatic heterocycles. The lowest BCUT2D eigenvalue weighted by Crippen LogP contribution is -2.39. The Bertz CT molecular complexity index is 500. The van der Waals surface area contributed by atoms with Crippen molar-refractivity contribution in [2.45, 2.75) is 33.7 Å². The Hall–Kier alpha value is -2.11. The average molecular weight is 279 g/mol. The second kappa shape index (κ2) is 6.88. The van der Waals surface area contributed by atoms with Gasteiger partial charge in [-0.15, -0.1) is 0 Å². The number of aryl methyl sites for hydroxylation is 1. The summed E-state index contributed by atoms with van der Waals surface area (Å²) < 4.78 is 0. The van der Waals surface area contributed by atoms with Gasteiger partial charge in [0, 0.05) is 23.9 Å². The van der Waals surface area contributed by atoms with Crippen molar-refractivity contribution in [3.8, 4) is 0 Å². The number of carbonyl (C=O) groups excluding carboxylic acids is 1. The number of benzene rings is 1. The number of hydrogen-bond donors (Lipinski definition) is 2. The number of nitro groups is 1. The Kier molecular flexibility index (Phi) is 5.49. The minimum Gasteiger partial charge on any atom is -0.376 e. The average Bonchev–Trinajstić information content (AvgIpc) is 2.37. The highest BCUT2D eigenvalue weighted by Gasteiger charge is 2.12. The van der Waals surface area contributed by atoms with E-state index in [9.17, 15) is 14.9 Å². The molecule has 110 valence electrons. The van der Waals surface area contributed by atoms with Gasteiger partial charge in [-0.2, -0.15) is 0 Å². The van der Waals surface area contributed by atoms with Crippen molar-refractivity contribution in [3.05, 3.63) is 33.9 Å². The van der Waals surface area contributed by atoms with Gasteiger partial charge in [-0.25, -0.2) is 0 Å². The predicted molar refractivity (Wildman–Crippen MR) is 78.8 cm³/mol. The molecule has 0 aliphatic carbocycles. The van der Waals surface area contributed by atoms with Crippen LogP contribution in [0.25, 0.3) is 0 Å². The molecule has 0 aliphatic heterocycles. The monoisotopic (exact) mass is 279 g/mol. The van der Waals surface area contributed by atoms with Crippen LogP contribution in [0.15, 0.2) is 18.2 Å². The van der Waals surface area contributed by atoms with Crippen LogP contribution in [0.3, 0.4) is 0 Å². The van der Waals surface area contributed by atoms with E-state index in [4.69, 9.17) is 0 Å². The van der Waals surface area contributed by atoms with Gasteiger partial charge in [-0.1, -0.05) is 19.9 Å². The van der Waals surface area contributed by atoms with Gasteiger partial charge in [0.05, 0.1) is 11.5 Å². The molecule has 1 amide bonds. The zero-order valence-electron chi connectivity index (χ0n) is 12.3. The molecule has 6 nitrogen and oxygen atoms in total. The largest absolute Gasteiger partial charge is 0.376 e. The van der Waals surface area contributed by atoms with Gasteiger partial charge >= 0.3 is 0 Å². The van der Waals surface area contributed by atoms with Gasteiger partial charge in [0.15, 0.2) is 0 Å². The number of nitro benzene ring substituents is 1. The molecule has 1 unspecified atom stereocenters. The van der Waals surface area contributed by atoms with Crippen molar-refractivity contribution in [1.82, 2.24) is 5.32 Å². The summed E-state index contributed by atoms with van der Waals surface area (Å²) >= 11 is 0. The first kappa shape index (κ1) is 15.9. The second-order valence-electron chi connectivity index (χ2n) is 5.21. The highest BCUT2D eigenvalue weighted by Crippen LogP contribution is 2.21. The quantitative estimate of drug-likeness (QED) is 0.619. The van der Waals surface area contributed by atoms with Crippen LogP contribution >= 0.6 is 0 Å². The number of rotatable bonds is 6. The predicted octanol–water partition coefficient (Wildman–Crippen LogP) is 2.48. The summed E-state index contributed by atoms with van der Waals surface area (Å²) in [6.07, 6.45) is 0. The minimum atomic E-state index is -0.453. The van der Waals surface area contributed by atoms with E-state index >= 15 is 0 Å². The number of non-ortho nitro benzene ring substituents is 1. The second-order valence-corrected chi connectivity index (χ2v) is 5.21. The molecule has 0 radical (unpaired) electrons. The summed E-state index contributed by atoms with van der Waals surface area (Å²) in [4.78, 5) is 22.0. The lowest BCUT2D eigenvalue weighted by atomic mass is 10.1. The zero-order chi connectivity index (χ0) is 15.3. The first-order valence-corrected chi connectivity index (χ1v) is 6.59.